The van der Waals surface area contributed by atoms with Crippen molar-refractivity contribution in [1.82, 2.24) is 0 Å². The van der Waals surface area contributed by atoms with E-state index in [-0.39, 0.29) is 5.92 Å². The maximum atomic E-state index is 5.78. The monoisotopic (exact) mass is 322 g/mol. The van der Waals surface area contributed by atoms with Crippen molar-refractivity contribution in [2.75, 3.05) is 27.2 Å². The molecule has 0 bridgehead atoms. The minimum atomic E-state index is -0.907. The van der Waals surface area contributed by atoms with Crippen LogP contribution in [0.25, 0.3) is 0 Å². The highest BCUT2D eigenvalue weighted by molar-refractivity contribution is 6.17. The van der Waals surface area contributed by atoms with E-state index in [9.17, 15) is 0 Å². The van der Waals surface area contributed by atoms with Crippen molar-refractivity contribution in [3.05, 3.63) is 0 Å². The van der Waals surface area contributed by atoms with Crippen LogP contribution in [-0.2, 0) is 14.2 Å². The summed E-state index contributed by atoms with van der Waals surface area (Å²) >= 11 is 5.78. The summed E-state index contributed by atoms with van der Waals surface area (Å²) in [4.78, 5) is 0. The van der Waals surface area contributed by atoms with Crippen molar-refractivity contribution < 1.29 is 14.2 Å². The molecule has 128 valence electrons. The molecule has 1 atom stereocenters. The molecule has 0 aromatic heterocycles. The molecule has 1 unspecified atom stereocenters. The molecule has 0 amide bonds. The number of hydrogen-bond acceptors (Lipinski definition) is 3. The van der Waals surface area contributed by atoms with Gasteiger partial charge in [-0.15, -0.1) is 11.6 Å². The minimum absolute atomic E-state index is 0.256. The summed E-state index contributed by atoms with van der Waals surface area (Å²) in [5.41, 5.74) is 0. The number of rotatable bonds is 15. The van der Waals surface area contributed by atoms with Crippen LogP contribution < -0.4 is 0 Å². The Hall–Kier alpha value is 0.170. The van der Waals surface area contributed by atoms with Crippen molar-refractivity contribution in [1.29, 1.82) is 0 Å². The number of unbranched alkanes of at least 4 members (excludes halogenated alkanes) is 6. The number of ether oxygens (including phenoxy) is 3. The summed E-state index contributed by atoms with van der Waals surface area (Å²) in [6, 6.07) is 0. The lowest BCUT2D eigenvalue weighted by Gasteiger charge is -2.36. The summed E-state index contributed by atoms with van der Waals surface area (Å²) in [6.07, 6.45) is 12.0. The molecule has 0 aromatic carbocycles. The molecule has 3 nitrogen and oxygen atoms in total. The first-order valence-corrected chi connectivity index (χ1v) is 8.95. The number of methoxy groups -OCH3 is 3. The average molecular weight is 323 g/mol. The molecule has 0 aliphatic carbocycles. The van der Waals surface area contributed by atoms with Gasteiger partial charge in [0, 0.05) is 33.1 Å². The fraction of sp³-hybridized carbons (Fsp3) is 1.00. The van der Waals surface area contributed by atoms with E-state index in [1.165, 1.54) is 38.5 Å². The van der Waals surface area contributed by atoms with Crippen LogP contribution in [0.2, 0.25) is 0 Å². The lowest BCUT2D eigenvalue weighted by Crippen LogP contribution is -2.44. The van der Waals surface area contributed by atoms with Gasteiger partial charge in [0.05, 0.1) is 0 Å². The molecular weight excluding hydrogens is 288 g/mol. The molecule has 4 heteroatoms. The van der Waals surface area contributed by atoms with Crippen molar-refractivity contribution >= 4 is 11.6 Å². The van der Waals surface area contributed by atoms with Gasteiger partial charge in [-0.05, 0) is 19.3 Å². The van der Waals surface area contributed by atoms with Crippen LogP contribution in [0.1, 0.15) is 71.1 Å². The molecule has 0 aliphatic heterocycles. The largest absolute Gasteiger partial charge is 0.331 e. The fourth-order valence-corrected chi connectivity index (χ4v) is 3.09. The van der Waals surface area contributed by atoms with E-state index in [0.29, 0.717) is 5.88 Å². The summed E-state index contributed by atoms with van der Waals surface area (Å²) < 4.78 is 16.6. The van der Waals surface area contributed by atoms with Crippen LogP contribution in [0.5, 0.6) is 0 Å². The molecule has 0 spiro atoms. The third kappa shape index (κ3) is 8.39. The van der Waals surface area contributed by atoms with Crippen molar-refractivity contribution in [3.63, 3.8) is 0 Å². The molecule has 0 N–H and O–H groups in total. The lowest BCUT2D eigenvalue weighted by atomic mass is 9.92. The van der Waals surface area contributed by atoms with Gasteiger partial charge in [0.1, 0.15) is 0 Å². The molecule has 0 aromatic rings. The molecule has 0 rings (SSSR count). The summed E-state index contributed by atoms with van der Waals surface area (Å²) in [5.74, 6) is 0.0614. The molecule has 0 fully saturated rings. The Morgan fingerprint density at radius 2 is 1.24 bits per heavy atom. The first kappa shape index (κ1) is 21.2. The quantitative estimate of drug-likeness (QED) is 0.231. The van der Waals surface area contributed by atoms with Crippen LogP contribution in [0, 0.1) is 5.92 Å². The number of hydrogen-bond donors (Lipinski definition) is 0. The van der Waals surface area contributed by atoms with Gasteiger partial charge in [-0.2, -0.15) is 0 Å². The van der Waals surface area contributed by atoms with Crippen molar-refractivity contribution in [2.24, 2.45) is 5.92 Å². The van der Waals surface area contributed by atoms with Gasteiger partial charge in [-0.25, -0.2) is 0 Å². The molecule has 0 heterocycles. The molecule has 0 aliphatic rings. The van der Waals surface area contributed by atoms with Gasteiger partial charge >= 0.3 is 0 Å². The lowest BCUT2D eigenvalue weighted by molar-refractivity contribution is -0.380. The van der Waals surface area contributed by atoms with Crippen molar-refractivity contribution in [3.8, 4) is 0 Å². The van der Waals surface area contributed by atoms with Crippen LogP contribution in [0.15, 0.2) is 0 Å². The predicted octanol–water partition coefficient (Wildman–Crippen LogP) is 5.36. The Balaban J connectivity index is 4.30. The van der Waals surface area contributed by atoms with Crippen molar-refractivity contribution in [2.45, 2.75) is 77.1 Å². The Morgan fingerprint density at radius 1 is 0.762 bits per heavy atom. The average Bonchev–Trinajstić information content (AvgIpc) is 2.52. The number of halogens is 1. The zero-order valence-electron chi connectivity index (χ0n) is 14.5. The normalized spacial score (nSPS) is 13.6. The first-order valence-electron chi connectivity index (χ1n) is 8.42. The minimum Gasteiger partial charge on any atom is -0.331 e. The zero-order chi connectivity index (χ0) is 16.0. The topological polar surface area (TPSA) is 27.7 Å². The van der Waals surface area contributed by atoms with Gasteiger partial charge < -0.3 is 14.2 Å². The SMILES string of the molecule is CCCCCCCCC(CCCCCl)C(OC)(OC)OC. The van der Waals surface area contributed by atoms with Gasteiger partial charge in [0.15, 0.2) is 0 Å². The maximum absolute atomic E-state index is 5.78. The predicted molar refractivity (Wildman–Crippen MR) is 89.8 cm³/mol. The molecular formula is C17H35ClO3. The Labute approximate surface area is 136 Å². The highest BCUT2D eigenvalue weighted by atomic mass is 35.5. The van der Waals surface area contributed by atoms with Crippen LogP contribution in [0.3, 0.4) is 0 Å². The third-order valence-electron chi connectivity index (χ3n) is 4.20. The van der Waals surface area contributed by atoms with Gasteiger partial charge in [0.2, 0.25) is 0 Å². The van der Waals surface area contributed by atoms with E-state index in [0.717, 1.165) is 25.7 Å². The van der Waals surface area contributed by atoms with E-state index < -0.39 is 5.97 Å². The zero-order valence-corrected chi connectivity index (χ0v) is 15.2. The third-order valence-corrected chi connectivity index (χ3v) is 4.46. The smallest absolute Gasteiger partial charge is 0.285 e. The molecule has 0 radical (unpaired) electrons. The molecule has 21 heavy (non-hydrogen) atoms. The standard InChI is InChI=1S/C17H35ClO3/c1-5-6-7-8-9-10-13-16(14-11-12-15-18)17(19-2,20-3)21-4/h16H,5-15H2,1-4H3. The maximum Gasteiger partial charge on any atom is 0.285 e. The highest BCUT2D eigenvalue weighted by Crippen LogP contribution is 2.32. The fourth-order valence-electron chi connectivity index (χ4n) is 2.90. The van der Waals surface area contributed by atoms with E-state index in [4.69, 9.17) is 25.8 Å². The van der Waals surface area contributed by atoms with E-state index in [1.54, 1.807) is 21.3 Å². The van der Waals surface area contributed by atoms with Crippen LogP contribution >= 0.6 is 11.6 Å². The van der Waals surface area contributed by atoms with Gasteiger partial charge in [-0.3, -0.25) is 0 Å². The van der Waals surface area contributed by atoms with Crippen LogP contribution in [0.4, 0.5) is 0 Å². The van der Waals surface area contributed by atoms with E-state index >= 15 is 0 Å². The first-order chi connectivity index (χ1) is 10.2. The van der Waals surface area contributed by atoms with Gasteiger partial charge in [-0.1, -0.05) is 51.9 Å². The highest BCUT2D eigenvalue weighted by Gasteiger charge is 2.39. The number of alkyl halides is 1. The van der Waals surface area contributed by atoms with E-state index in [2.05, 4.69) is 6.92 Å². The van der Waals surface area contributed by atoms with Crippen LogP contribution in [-0.4, -0.2) is 33.2 Å². The summed E-state index contributed by atoms with van der Waals surface area (Å²) in [7, 11) is 4.97. The Kier molecular flexibility index (Phi) is 13.9. The Bertz CT molecular complexity index is 212. The Morgan fingerprint density at radius 3 is 1.71 bits per heavy atom. The molecule has 0 saturated heterocycles. The second-order valence-electron chi connectivity index (χ2n) is 5.65. The van der Waals surface area contributed by atoms with Gasteiger partial charge in [0.25, 0.3) is 5.97 Å². The summed E-state index contributed by atoms with van der Waals surface area (Å²) in [5, 5.41) is 0. The summed E-state index contributed by atoms with van der Waals surface area (Å²) in [6.45, 7) is 2.25. The second kappa shape index (κ2) is 13.8. The second-order valence-corrected chi connectivity index (χ2v) is 6.03. The van der Waals surface area contributed by atoms with E-state index in [1.807, 2.05) is 0 Å². The molecule has 0 saturated carbocycles.